The Morgan fingerprint density at radius 3 is 2.32 bits per heavy atom. The van der Waals surface area contributed by atoms with Crippen molar-refractivity contribution in [3.05, 3.63) is 34.9 Å². The van der Waals surface area contributed by atoms with E-state index in [1.165, 1.54) is 9.80 Å². The summed E-state index contributed by atoms with van der Waals surface area (Å²) in [7, 11) is 1.64. The smallest absolute Gasteiger partial charge is 0.323 e. The molecule has 0 unspecified atom stereocenters. The largest absolute Gasteiger partial charge is 0.480 e. The van der Waals surface area contributed by atoms with Gasteiger partial charge in [-0.25, -0.2) is 4.79 Å². The Bertz CT molecular complexity index is 448. The molecular formula is C13H17ClN2O3. The van der Waals surface area contributed by atoms with E-state index >= 15 is 0 Å². The quantitative estimate of drug-likeness (QED) is 0.902. The van der Waals surface area contributed by atoms with Crippen LogP contribution in [0.15, 0.2) is 24.3 Å². The van der Waals surface area contributed by atoms with E-state index in [0.29, 0.717) is 18.1 Å². The SMILES string of the molecule is CCN(CC(=O)O)C(=O)N(C)Cc1ccc(Cl)cc1. The molecule has 0 heterocycles. The molecule has 104 valence electrons. The van der Waals surface area contributed by atoms with Gasteiger partial charge in [-0.05, 0) is 24.6 Å². The van der Waals surface area contributed by atoms with Gasteiger partial charge in [0.2, 0.25) is 0 Å². The van der Waals surface area contributed by atoms with Crippen LogP contribution in [0.5, 0.6) is 0 Å². The Labute approximate surface area is 117 Å². The maximum absolute atomic E-state index is 12.0. The summed E-state index contributed by atoms with van der Waals surface area (Å²) in [6.45, 7) is 2.22. The summed E-state index contributed by atoms with van der Waals surface area (Å²) in [6, 6.07) is 6.87. The highest BCUT2D eigenvalue weighted by Crippen LogP contribution is 2.11. The Morgan fingerprint density at radius 2 is 1.84 bits per heavy atom. The van der Waals surface area contributed by atoms with E-state index in [4.69, 9.17) is 16.7 Å². The van der Waals surface area contributed by atoms with Crippen LogP contribution in [-0.4, -0.2) is 47.0 Å². The molecule has 1 aromatic carbocycles. The molecule has 1 rings (SSSR count). The summed E-state index contributed by atoms with van der Waals surface area (Å²) < 4.78 is 0. The lowest BCUT2D eigenvalue weighted by Gasteiger charge is -2.26. The van der Waals surface area contributed by atoms with Crippen molar-refractivity contribution in [3.8, 4) is 0 Å². The molecule has 5 nitrogen and oxygen atoms in total. The minimum atomic E-state index is -1.02. The van der Waals surface area contributed by atoms with Crippen molar-refractivity contribution in [1.82, 2.24) is 9.80 Å². The van der Waals surface area contributed by atoms with Gasteiger partial charge in [0, 0.05) is 25.2 Å². The highest BCUT2D eigenvalue weighted by molar-refractivity contribution is 6.30. The van der Waals surface area contributed by atoms with Crippen molar-refractivity contribution in [3.63, 3.8) is 0 Å². The Balaban J connectivity index is 2.65. The number of carbonyl (C=O) groups excluding carboxylic acids is 1. The van der Waals surface area contributed by atoms with Gasteiger partial charge in [0.05, 0.1) is 0 Å². The lowest BCUT2D eigenvalue weighted by Crippen LogP contribution is -2.43. The number of aliphatic carboxylic acids is 1. The third-order valence-electron chi connectivity index (χ3n) is 2.64. The highest BCUT2D eigenvalue weighted by atomic mass is 35.5. The molecule has 0 atom stereocenters. The van der Waals surface area contributed by atoms with Crippen molar-refractivity contribution in [2.45, 2.75) is 13.5 Å². The predicted octanol–water partition coefficient (Wildman–Crippen LogP) is 2.30. The number of nitrogens with zero attached hydrogens (tertiary/aromatic N) is 2. The molecule has 0 saturated carbocycles. The Kier molecular flexibility index (Phi) is 5.63. The monoisotopic (exact) mass is 284 g/mol. The predicted molar refractivity (Wildman–Crippen MR) is 73.2 cm³/mol. The number of carboxylic acid groups (broad SMARTS) is 1. The third-order valence-corrected chi connectivity index (χ3v) is 2.89. The molecule has 2 amide bonds. The Hall–Kier alpha value is -1.75. The molecule has 0 aliphatic rings. The topological polar surface area (TPSA) is 60.9 Å². The van der Waals surface area contributed by atoms with Gasteiger partial charge in [0.15, 0.2) is 0 Å². The molecule has 1 N–H and O–H groups in total. The van der Waals surface area contributed by atoms with E-state index < -0.39 is 5.97 Å². The van der Waals surface area contributed by atoms with Gasteiger partial charge >= 0.3 is 12.0 Å². The van der Waals surface area contributed by atoms with Crippen LogP contribution in [0.1, 0.15) is 12.5 Å². The van der Waals surface area contributed by atoms with E-state index in [-0.39, 0.29) is 12.6 Å². The van der Waals surface area contributed by atoms with Gasteiger partial charge in [0.25, 0.3) is 0 Å². The number of rotatable bonds is 5. The standard InChI is InChI=1S/C13H17ClN2O3/c1-3-16(9-12(17)18)13(19)15(2)8-10-4-6-11(14)7-5-10/h4-7H,3,8-9H2,1-2H3,(H,17,18). The molecule has 0 saturated heterocycles. The number of likely N-dealkylation sites (N-methyl/N-ethyl adjacent to an activating group) is 1. The maximum Gasteiger partial charge on any atom is 0.323 e. The summed E-state index contributed by atoms with van der Waals surface area (Å²) in [5, 5.41) is 9.38. The molecule has 0 spiro atoms. The van der Waals surface area contributed by atoms with Crippen molar-refractivity contribution < 1.29 is 14.7 Å². The van der Waals surface area contributed by atoms with Gasteiger partial charge in [0.1, 0.15) is 6.54 Å². The van der Waals surface area contributed by atoms with Gasteiger partial charge in [-0.3, -0.25) is 4.79 Å². The Morgan fingerprint density at radius 1 is 1.26 bits per heavy atom. The first-order chi connectivity index (χ1) is 8.93. The number of carbonyl (C=O) groups is 2. The van der Waals surface area contributed by atoms with E-state index in [2.05, 4.69) is 0 Å². The van der Waals surface area contributed by atoms with Gasteiger partial charge < -0.3 is 14.9 Å². The normalized spacial score (nSPS) is 10.1. The molecule has 19 heavy (non-hydrogen) atoms. The van der Waals surface area contributed by atoms with Crippen LogP contribution >= 0.6 is 11.6 Å². The number of carboxylic acids is 1. The summed E-state index contributed by atoms with van der Waals surface area (Å²) in [5.74, 6) is -1.02. The fourth-order valence-corrected chi connectivity index (χ4v) is 1.78. The second-order valence-electron chi connectivity index (χ2n) is 4.17. The molecule has 0 aromatic heterocycles. The molecule has 0 aliphatic heterocycles. The fourth-order valence-electron chi connectivity index (χ4n) is 1.65. The number of benzene rings is 1. The zero-order chi connectivity index (χ0) is 14.4. The summed E-state index contributed by atoms with van der Waals surface area (Å²) >= 11 is 5.79. The summed E-state index contributed by atoms with van der Waals surface area (Å²) in [6.07, 6.45) is 0. The van der Waals surface area contributed by atoms with Crippen LogP contribution in [0.3, 0.4) is 0 Å². The molecular weight excluding hydrogens is 268 g/mol. The third kappa shape index (κ3) is 4.79. The minimum Gasteiger partial charge on any atom is -0.480 e. The van der Waals surface area contributed by atoms with Crippen LogP contribution in [-0.2, 0) is 11.3 Å². The van der Waals surface area contributed by atoms with Gasteiger partial charge in [-0.15, -0.1) is 0 Å². The minimum absolute atomic E-state index is 0.291. The average molecular weight is 285 g/mol. The molecule has 1 aromatic rings. The van der Waals surface area contributed by atoms with Crippen LogP contribution in [0.2, 0.25) is 5.02 Å². The first-order valence-electron chi connectivity index (χ1n) is 5.90. The zero-order valence-electron chi connectivity index (χ0n) is 11.0. The zero-order valence-corrected chi connectivity index (χ0v) is 11.7. The van der Waals surface area contributed by atoms with Gasteiger partial charge in [-0.2, -0.15) is 0 Å². The molecule has 0 radical (unpaired) electrons. The van der Waals surface area contributed by atoms with Crippen LogP contribution < -0.4 is 0 Å². The highest BCUT2D eigenvalue weighted by Gasteiger charge is 2.18. The lowest BCUT2D eigenvalue weighted by atomic mass is 10.2. The van der Waals surface area contributed by atoms with Crippen molar-refractivity contribution in [1.29, 1.82) is 0 Å². The van der Waals surface area contributed by atoms with E-state index in [1.807, 2.05) is 12.1 Å². The van der Waals surface area contributed by atoms with E-state index in [1.54, 1.807) is 26.1 Å². The number of amides is 2. The van der Waals surface area contributed by atoms with E-state index in [9.17, 15) is 9.59 Å². The second-order valence-corrected chi connectivity index (χ2v) is 4.61. The lowest BCUT2D eigenvalue weighted by molar-refractivity contribution is -0.137. The summed E-state index contributed by atoms with van der Waals surface area (Å²) in [5.41, 5.74) is 0.937. The van der Waals surface area contributed by atoms with Crippen molar-refractivity contribution in [2.75, 3.05) is 20.1 Å². The molecule has 0 bridgehead atoms. The summed E-state index contributed by atoms with van der Waals surface area (Å²) in [4.78, 5) is 25.5. The number of urea groups is 1. The van der Waals surface area contributed by atoms with Gasteiger partial charge in [-0.1, -0.05) is 23.7 Å². The fraction of sp³-hybridized carbons (Fsp3) is 0.385. The van der Waals surface area contributed by atoms with Crippen molar-refractivity contribution >= 4 is 23.6 Å². The number of hydrogen-bond acceptors (Lipinski definition) is 2. The molecule has 0 fully saturated rings. The maximum atomic E-state index is 12.0. The average Bonchev–Trinajstić information content (AvgIpc) is 2.37. The van der Waals surface area contributed by atoms with Crippen LogP contribution in [0.4, 0.5) is 4.79 Å². The first-order valence-corrected chi connectivity index (χ1v) is 6.28. The number of hydrogen-bond donors (Lipinski definition) is 1. The van der Waals surface area contributed by atoms with Crippen LogP contribution in [0.25, 0.3) is 0 Å². The first kappa shape index (κ1) is 15.3. The molecule has 0 aliphatic carbocycles. The van der Waals surface area contributed by atoms with E-state index in [0.717, 1.165) is 5.56 Å². The second kappa shape index (κ2) is 6.99. The van der Waals surface area contributed by atoms with Crippen molar-refractivity contribution in [2.24, 2.45) is 0 Å². The number of halogens is 1. The van der Waals surface area contributed by atoms with Crippen LogP contribution in [0, 0.1) is 0 Å². The molecule has 6 heteroatoms.